The van der Waals surface area contributed by atoms with Crippen LogP contribution in [0.1, 0.15) is 13.3 Å². The van der Waals surface area contributed by atoms with Crippen LogP contribution >= 0.6 is 33.9 Å². The van der Waals surface area contributed by atoms with Gasteiger partial charge < -0.3 is 4.74 Å². The van der Waals surface area contributed by atoms with Crippen molar-refractivity contribution in [1.29, 1.82) is 0 Å². The average Bonchev–Trinajstić information content (AvgIpc) is 2.25. The summed E-state index contributed by atoms with van der Waals surface area (Å²) < 4.78 is 27.6. The lowest BCUT2D eigenvalue weighted by Crippen LogP contribution is -1.99. The van der Waals surface area contributed by atoms with Gasteiger partial charge in [-0.2, -0.15) is 0 Å². The predicted molar refractivity (Wildman–Crippen MR) is 73.1 cm³/mol. The van der Waals surface area contributed by atoms with Crippen molar-refractivity contribution >= 4 is 42.9 Å². The van der Waals surface area contributed by atoms with E-state index in [1.165, 1.54) is 12.1 Å². The number of hydrogen-bond acceptors (Lipinski definition) is 3. The van der Waals surface area contributed by atoms with Crippen LogP contribution < -0.4 is 4.74 Å². The maximum absolute atomic E-state index is 11.1. The summed E-state index contributed by atoms with van der Waals surface area (Å²) in [7, 11) is 1.33. The quantitative estimate of drug-likeness (QED) is 0.481. The Hall–Kier alpha value is -0.600. The summed E-state index contributed by atoms with van der Waals surface area (Å²) in [6.45, 7) is 2.04. The summed E-state index contributed by atoms with van der Waals surface area (Å²) >= 11 is 11.8. The molecule has 7 heteroatoms. The van der Waals surface area contributed by atoms with Crippen LogP contribution in [0.3, 0.4) is 0 Å². The normalized spacial score (nSPS) is 10.7. The van der Waals surface area contributed by atoms with Crippen LogP contribution in [0, 0.1) is 11.8 Å². The Kier molecular flexibility index (Phi) is 5.61. The van der Waals surface area contributed by atoms with Crippen molar-refractivity contribution in [2.24, 2.45) is 0 Å². The second-order valence-electron chi connectivity index (χ2n) is 3.18. The topological polar surface area (TPSA) is 43.4 Å². The molecule has 0 atom stereocenters. The fourth-order valence-electron chi connectivity index (χ4n) is 1.14. The summed E-state index contributed by atoms with van der Waals surface area (Å²) in [5.41, 5.74) is 0. The van der Waals surface area contributed by atoms with E-state index in [4.69, 9.17) is 38.6 Å². The third kappa shape index (κ3) is 4.25. The summed E-state index contributed by atoms with van der Waals surface area (Å²) in [6, 6.07) is 2.38. The predicted octanol–water partition coefficient (Wildman–Crippen LogP) is 3.71. The van der Waals surface area contributed by atoms with Crippen molar-refractivity contribution in [2.45, 2.75) is 18.2 Å². The highest BCUT2D eigenvalue weighted by Crippen LogP contribution is 2.36. The van der Waals surface area contributed by atoms with Gasteiger partial charge in [0.1, 0.15) is 0 Å². The summed E-state index contributed by atoms with van der Waals surface area (Å²) in [5.74, 6) is 5.76. The lowest BCUT2D eigenvalue weighted by Gasteiger charge is -2.09. The second-order valence-corrected chi connectivity index (χ2v) is 6.56. The van der Waals surface area contributed by atoms with Crippen LogP contribution in [0.2, 0.25) is 10.0 Å². The molecule has 0 N–H and O–H groups in total. The van der Waals surface area contributed by atoms with Crippen LogP contribution in [0.25, 0.3) is 0 Å². The van der Waals surface area contributed by atoms with Crippen LogP contribution in [-0.2, 0) is 9.05 Å². The minimum atomic E-state index is -3.87. The maximum Gasteiger partial charge on any atom is 0.261 e. The van der Waals surface area contributed by atoms with E-state index < -0.39 is 9.05 Å². The number of rotatable bonds is 4. The van der Waals surface area contributed by atoms with Gasteiger partial charge >= 0.3 is 0 Å². The molecule has 0 bridgehead atoms. The largest absolute Gasteiger partial charge is 0.489 e. The van der Waals surface area contributed by atoms with Crippen molar-refractivity contribution in [2.75, 3.05) is 6.61 Å². The lowest BCUT2D eigenvalue weighted by atomic mass is 10.3. The van der Waals surface area contributed by atoms with Crippen LogP contribution in [0.5, 0.6) is 5.75 Å². The molecule has 1 rings (SSSR count). The zero-order valence-corrected chi connectivity index (χ0v) is 12.4. The van der Waals surface area contributed by atoms with E-state index in [1.54, 1.807) is 6.92 Å². The standard InChI is InChI=1S/C11H9Cl3O3S/c1-2-3-4-5-17-11-9(12)6-8(7-10(11)13)18(14,15)16/h6-7H,4-5H2,1H3. The molecule has 0 aliphatic heterocycles. The van der Waals surface area contributed by atoms with Gasteiger partial charge in [0.15, 0.2) is 5.75 Å². The first kappa shape index (κ1) is 15.5. The second kappa shape index (κ2) is 6.53. The number of ether oxygens (including phenoxy) is 1. The number of halogens is 3. The minimum absolute atomic E-state index is 0.0891. The highest BCUT2D eigenvalue weighted by molar-refractivity contribution is 8.13. The molecule has 0 saturated heterocycles. The molecule has 0 radical (unpaired) electrons. The number of benzene rings is 1. The van der Waals surface area contributed by atoms with Crippen molar-refractivity contribution in [3.05, 3.63) is 22.2 Å². The molecule has 0 aromatic heterocycles. The smallest absolute Gasteiger partial charge is 0.261 e. The summed E-state index contributed by atoms with van der Waals surface area (Å²) in [4.78, 5) is -0.167. The molecule has 0 saturated carbocycles. The van der Waals surface area contributed by atoms with Gasteiger partial charge in [-0.3, -0.25) is 0 Å². The van der Waals surface area contributed by atoms with Gasteiger partial charge in [-0.15, -0.1) is 11.8 Å². The molecule has 98 valence electrons. The molecule has 1 aromatic carbocycles. The maximum atomic E-state index is 11.1. The van der Waals surface area contributed by atoms with Crippen LogP contribution in [-0.4, -0.2) is 15.0 Å². The van der Waals surface area contributed by atoms with Gasteiger partial charge in [0, 0.05) is 17.1 Å². The van der Waals surface area contributed by atoms with Gasteiger partial charge in [-0.1, -0.05) is 23.2 Å². The minimum Gasteiger partial charge on any atom is -0.489 e. The summed E-state index contributed by atoms with van der Waals surface area (Å²) in [6.07, 6.45) is 0.527. The first-order chi connectivity index (χ1) is 8.36. The molecule has 0 aliphatic carbocycles. The van der Waals surface area contributed by atoms with E-state index >= 15 is 0 Å². The monoisotopic (exact) mass is 326 g/mol. The van der Waals surface area contributed by atoms with E-state index in [-0.39, 0.29) is 20.7 Å². The van der Waals surface area contributed by atoms with E-state index in [0.29, 0.717) is 13.0 Å². The molecule has 0 heterocycles. The van der Waals surface area contributed by atoms with Crippen molar-refractivity contribution in [3.8, 4) is 17.6 Å². The zero-order chi connectivity index (χ0) is 13.8. The Morgan fingerprint density at radius 1 is 1.28 bits per heavy atom. The Labute approximate surface area is 120 Å². The fourth-order valence-corrected chi connectivity index (χ4v) is 2.65. The van der Waals surface area contributed by atoms with E-state index in [1.807, 2.05) is 0 Å². The van der Waals surface area contributed by atoms with Gasteiger partial charge in [0.2, 0.25) is 0 Å². The molecule has 0 fully saturated rings. The Morgan fingerprint density at radius 3 is 2.28 bits per heavy atom. The first-order valence-electron chi connectivity index (χ1n) is 4.82. The third-order valence-corrected chi connectivity index (χ3v) is 3.80. The van der Waals surface area contributed by atoms with E-state index in [9.17, 15) is 8.42 Å². The molecule has 18 heavy (non-hydrogen) atoms. The SMILES string of the molecule is CC#CCCOc1c(Cl)cc(S(=O)(=O)Cl)cc1Cl. The molecule has 1 aromatic rings. The van der Waals surface area contributed by atoms with Crippen LogP contribution in [0.15, 0.2) is 17.0 Å². The van der Waals surface area contributed by atoms with Gasteiger partial charge in [0.05, 0.1) is 21.5 Å². The molecule has 0 unspecified atom stereocenters. The van der Waals surface area contributed by atoms with Gasteiger partial charge in [-0.25, -0.2) is 8.42 Å². The molecule has 0 spiro atoms. The molecule has 0 amide bonds. The molecule has 3 nitrogen and oxygen atoms in total. The van der Waals surface area contributed by atoms with Crippen molar-refractivity contribution in [1.82, 2.24) is 0 Å². The van der Waals surface area contributed by atoms with Crippen molar-refractivity contribution < 1.29 is 13.2 Å². The fraction of sp³-hybridized carbons (Fsp3) is 0.273. The van der Waals surface area contributed by atoms with Gasteiger partial charge in [0.25, 0.3) is 9.05 Å². The first-order valence-corrected chi connectivity index (χ1v) is 7.89. The highest BCUT2D eigenvalue weighted by Gasteiger charge is 2.16. The zero-order valence-electron chi connectivity index (χ0n) is 9.34. The molecular formula is C11H9Cl3O3S. The average molecular weight is 328 g/mol. The molecule has 0 aliphatic rings. The van der Waals surface area contributed by atoms with Crippen LogP contribution in [0.4, 0.5) is 0 Å². The summed E-state index contributed by atoms with van der Waals surface area (Å²) in [5, 5.41) is 0.178. The molecular weight excluding hydrogens is 319 g/mol. The Balaban J connectivity index is 2.97. The van der Waals surface area contributed by atoms with Gasteiger partial charge in [-0.05, 0) is 19.1 Å². The third-order valence-electron chi connectivity index (χ3n) is 1.90. The lowest BCUT2D eigenvalue weighted by molar-refractivity contribution is 0.327. The number of hydrogen-bond donors (Lipinski definition) is 0. The Morgan fingerprint density at radius 2 is 1.83 bits per heavy atom. The van der Waals surface area contributed by atoms with Crippen molar-refractivity contribution in [3.63, 3.8) is 0 Å². The Bertz CT molecular complexity index is 577. The van der Waals surface area contributed by atoms with E-state index in [2.05, 4.69) is 11.8 Å². The van der Waals surface area contributed by atoms with E-state index in [0.717, 1.165) is 0 Å². The highest BCUT2D eigenvalue weighted by atomic mass is 35.7.